The molecule has 0 bridgehead atoms. The Hall–Kier alpha value is -2.01. The molecule has 2 rings (SSSR count). The molecule has 1 fully saturated rings. The predicted molar refractivity (Wildman–Crippen MR) is 82.6 cm³/mol. The first kappa shape index (κ1) is 15.4. The van der Waals surface area contributed by atoms with E-state index in [1.807, 2.05) is 36.1 Å². The van der Waals surface area contributed by atoms with Crippen molar-refractivity contribution in [1.29, 1.82) is 0 Å². The number of carbonyl (C=O) groups is 1. The molecule has 1 aliphatic rings. The van der Waals surface area contributed by atoms with Gasteiger partial charge in [-0.2, -0.15) is 0 Å². The van der Waals surface area contributed by atoms with E-state index in [0.29, 0.717) is 39.5 Å². The van der Waals surface area contributed by atoms with Gasteiger partial charge in [0.1, 0.15) is 12.4 Å². The van der Waals surface area contributed by atoms with Gasteiger partial charge in [0.2, 0.25) is 5.91 Å². The largest absolute Gasteiger partial charge is 0.489 e. The summed E-state index contributed by atoms with van der Waals surface area (Å²) in [5, 5.41) is 3.13. The van der Waals surface area contributed by atoms with Crippen molar-refractivity contribution in [3.63, 3.8) is 0 Å². The standard InChI is InChI=1S/C16H22N2O3/c1-13(2)12-21-15-5-3-14(4-6-15)17-11-16(19)18-7-9-20-10-8-18/h3-6,17H,1,7-12H2,2H3. The summed E-state index contributed by atoms with van der Waals surface area (Å²) < 4.78 is 10.8. The van der Waals surface area contributed by atoms with Crippen LogP contribution in [0.15, 0.2) is 36.4 Å². The molecule has 0 saturated carbocycles. The Morgan fingerprint density at radius 1 is 1.33 bits per heavy atom. The fourth-order valence-electron chi connectivity index (χ4n) is 1.98. The molecule has 1 aliphatic heterocycles. The van der Waals surface area contributed by atoms with E-state index in [-0.39, 0.29) is 5.91 Å². The number of nitrogens with zero attached hydrogens (tertiary/aromatic N) is 1. The van der Waals surface area contributed by atoms with Crippen LogP contribution in [-0.4, -0.2) is 50.3 Å². The number of morpholine rings is 1. The van der Waals surface area contributed by atoms with E-state index in [9.17, 15) is 4.79 Å². The number of carbonyl (C=O) groups excluding carboxylic acids is 1. The van der Waals surface area contributed by atoms with Gasteiger partial charge in [-0.15, -0.1) is 0 Å². The average Bonchev–Trinajstić information content (AvgIpc) is 2.52. The van der Waals surface area contributed by atoms with E-state index >= 15 is 0 Å². The molecule has 21 heavy (non-hydrogen) atoms. The van der Waals surface area contributed by atoms with Crippen molar-refractivity contribution in [2.45, 2.75) is 6.92 Å². The second kappa shape index (κ2) is 7.69. The molecule has 0 radical (unpaired) electrons. The van der Waals surface area contributed by atoms with Gasteiger partial charge in [-0.25, -0.2) is 0 Å². The van der Waals surface area contributed by atoms with Crippen LogP contribution < -0.4 is 10.1 Å². The quantitative estimate of drug-likeness (QED) is 0.813. The summed E-state index contributed by atoms with van der Waals surface area (Å²) in [6.45, 7) is 9.13. The summed E-state index contributed by atoms with van der Waals surface area (Å²) in [7, 11) is 0. The van der Waals surface area contributed by atoms with Crippen LogP contribution in [0.3, 0.4) is 0 Å². The van der Waals surface area contributed by atoms with E-state index in [1.54, 1.807) is 0 Å². The van der Waals surface area contributed by atoms with E-state index in [0.717, 1.165) is 17.0 Å². The third-order valence-corrected chi connectivity index (χ3v) is 3.15. The average molecular weight is 290 g/mol. The molecule has 0 aliphatic carbocycles. The highest BCUT2D eigenvalue weighted by atomic mass is 16.5. The van der Waals surface area contributed by atoms with Gasteiger partial charge >= 0.3 is 0 Å². The van der Waals surface area contributed by atoms with Crippen LogP contribution >= 0.6 is 0 Å². The molecule has 1 aromatic carbocycles. The fraction of sp³-hybridized carbons (Fsp3) is 0.438. The molecule has 0 aromatic heterocycles. The molecule has 1 saturated heterocycles. The number of amides is 1. The molecule has 0 unspecified atom stereocenters. The second-order valence-electron chi connectivity index (χ2n) is 5.12. The Balaban J connectivity index is 1.77. The molecule has 5 heteroatoms. The van der Waals surface area contributed by atoms with E-state index in [2.05, 4.69) is 11.9 Å². The minimum atomic E-state index is 0.0981. The van der Waals surface area contributed by atoms with Crippen molar-refractivity contribution in [3.05, 3.63) is 36.4 Å². The minimum Gasteiger partial charge on any atom is -0.489 e. The van der Waals surface area contributed by atoms with Crippen molar-refractivity contribution in [2.75, 3.05) is 44.8 Å². The van der Waals surface area contributed by atoms with E-state index in [4.69, 9.17) is 9.47 Å². The number of rotatable bonds is 6. The summed E-state index contributed by atoms with van der Waals surface area (Å²) in [6, 6.07) is 7.57. The first-order chi connectivity index (χ1) is 10.1. The van der Waals surface area contributed by atoms with Gasteiger partial charge < -0.3 is 19.7 Å². The van der Waals surface area contributed by atoms with Gasteiger partial charge in [0, 0.05) is 18.8 Å². The Labute approximate surface area is 125 Å². The number of benzene rings is 1. The predicted octanol–water partition coefficient (Wildman–Crippen LogP) is 1.91. The van der Waals surface area contributed by atoms with Crippen LogP contribution in [0.5, 0.6) is 5.75 Å². The zero-order chi connectivity index (χ0) is 15.1. The van der Waals surface area contributed by atoms with Crippen LogP contribution in [0.1, 0.15) is 6.92 Å². The van der Waals surface area contributed by atoms with Crippen molar-refractivity contribution >= 4 is 11.6 Å². The molecule has 0 spiro atoms. The zero-order valence-electron chi connectivity index (χ0n) is 12.4. The van der Waals surface area contributed by atoms with Gasteiger partial charge in [-0.3, -0.25) is 4.79 Å². The van der Waals surface area contributed by atoms with Crippen molar-refractivity contribution in [2.24, 2.45) is 0 Å². The van der Waals surface area contributed by atoms with Gasteiger partial charge in [0.25, 0.3) is 0 Å². The maximum atomic E-state index is 12.0. The van der Waals surface area contributed by atoms with Crippen LogP contribution in [-0.2, 0) is 9.53 Å². The monoisotopic (exact) mass is 290 g/mol. The first-order valence-electron chi connectivity index (χ1n) is 7.12. The van der Waals surface area contributed by atoms with Gasteiger partial charge in [-0.1, -0.05) is 6.58 Å². The minimum absolute atomic E-state index is 0.0981. The Morgan fingerprint density at radius 3 is 2.62 bits per heavy atom. The Kier molecular flexibility index (Phi) is 5.63. The lowest BCUT2D eigenvalue weighted by molar-refractivity contribution is -0.133. The van der Waals surface area contributed by atoms with Gasteiger partial charge in [0.15, 0.2) is 0 Å². The lowest BCUT2D eigenvalue weighted by Crippen LogP contribution is -2.43. The molecule has 114 valence electrons. The smallest absolute Gasteiger partial charge is 0.242 e. The Morgan fingerprint density at radius 2 is 2.00 bits per heavy atom. The van der Waals surface area contributed by atoms with E-state index in [1.165, 1.54) is 0 Å². The summed E-state index contributed by atoms with van der Waals surface area (Å²) >= 11 is 0. The maximum Gasteiger partial charge on any atom is 0.242 e. The highest BCUT2D eigenvalue weighted by molar-refractivity contribution is 5.81. The maximum absolute atomic E-state index is 12.0. The molecular weight excluding hydrogens is 268 g/mol. The second-order valence-corrected chi connectivity index (χ2v) is 5.12. The van der Waals surface area contributed by atoms with Gasteiger partial charge in [-0.05, 0) is 36.8 Å². The molecule has 0 atom stereocenters. The third-order valence-electron chi connectivity index (χ3n) is 3.15. The summed E-state index contributed by atoms with van der Waals surface area (Å²) in [5.41, 5.74) is 1.88. The van der Waals surface area contributed by atoms with Crippen LogP contribution in [0.25, 0.3) is 0 Å². The topological polar surface area (TPSA) is 50.8 Å². The lowest BCUT2D eigenvalue weighted by Gasteiger charge is -2.27. The molecule has 1 heterocycles. The van der Waals surface area contributed by atoms with Crippen LogP contribution in [0.4, 0.5) is 5.69 Å². The lowest BCUT2D eigenvalue weighted by atomic mass is 10.3. The highest BCUT2D eigenvalue weighted by Crippen LogP contribution is 2.16. The van der Waals surface area contributed by atoms with E-state index < -0.39 is 0 Å². The molecule has 1 aromatic rings. The van der Waals surface area contributed by atoms with Crippen LogP contribution in [0.2, 0.25) is 0 Å². The number of ether oxygens (including phenoxy) is 2. The normalized spacial score (nSPS) is 14.6. The first-order valence-corrected chi connectivity index (χ1v) is 7.12. The SMILES string of the molecule is C=C(C)COc1ccc(NCC(=O)N2CCOCC2)cc1. The molecule has 1 amide bonds. The summed E-state index contributed by atoms with van der Waals surface area (Å²) in [5.74, 6) is 0.893. The number of hydrogen-bond acceptors (Lipinski definition) is 4. The molecule has 5 nitrogen and oxygen atoms in total. The fourth-order valence-corrected chi connectivity index (χ4v) is 1.98. The third kappa shape index (κ3) is 5.11. The number of nitrogens with one attached hydrogen (secondary N) is 1. The molecule has 1 N–H and O–H groups in total. The van der Waals surface area contributed by atoms with Gasteiger partial charge in [0.05, 0.1) is 19.8 Å². The Bertz CT molecular complexity index is 479. The summed E-state index contributed by atoms with van der Waals surface area (Å²) in [6.07, 6.45) is 0. The summed E-state index contributed by atoms with van der Waals surface area (Å²) in [4.78, 5) is 13.8. The molecular formula is C16H22N2O3. The number of hydrogen-bond donors (Lipinski definition) is 1. The van der Waals surface area contributed by atoms with Crippen molar-refractivity contribution in [1.82, 2.24) is 4.90 Å². The number of anilines is 1. The van der Waals surface area contributed by atoms with Crippen molar-refractivity contribution in [3.8, 4) is 5.75 Å². The van der Waals surface area contributed by atoms with Crippen LogP contribution in [0, 0.1) is 0 Å². The zero-order valence-corrected chi connectivity index (χ0v) is 12.4. The van der Waals surface area contributed by atoms with Crippen molar-refractivity contribution < 1.29 is 14.3 Å². The highest BCUT2D eigenvalue weighted by Gasteiger charge is 2.16.